The number of rotatable bonds is 4. The van der Waals surface area contributed by atoms with Crippen molar-refractivity contribution in [2.75, 3.05) is 43.6 Å². The van der Waals surface area contributed by atoms with Crippen LogP contribution in [0, 0.1) is 0 Å². The molecule has 1 saturated heterocycles. The van der Waals surface area contributed by atoms with Crippen molar-refractivity contribution in [2.45, 2.75) is 10.3 Å². The lowest BCUT2D eigenvalue weighted by Crippen LogP contribution is -2.37. The smallest absolute Gasteiger partial charge is 0.231 e. The zero-order valence-electron chi connectivity index (χ0n) is 10.9. The monoisotopic (exact) mass is 294 g/mol. The molecule has 1 fully saturated rings. The third-order valence-corrected chi connectivity index (χ3v) is 3.46. The molecular weight excluding hydrogens is 280 g/mol. The van der Waals surface area contributed by atoms with Gasteiger partial charge in [0, 0.05) is 20.1 Å². The fourth-order valence-corrected chi connectivity index (χ4v) is 2.37. The van der Waals surface area contributed by atoms with Crippen molar-refractivity contribution in [3.05, 3.63) is 6.33 Å². The van der Waals surface area contributed by atoms with Crippen molar-refractivity contribution in [1.29, 1.82) is 0 Å². The van der Waals surface area contributed by atoms with Crippen molar-refractivity contribution in [3.8, 4) is 0 Å². The van der Waals surface area contributed by atoms with E-state index in [-0.39, 0.29) is 0 Å². The fourth-order valence-electron chi connectivity index (χ4n) is 1.74. The van der Waals surface area contributed by atoms with E-state index in [2.05, 4.69) is 40.3 Å². The zero-order chi connectivity index (χ0) is 13.8. The molecule has 2 aromatic heterocycles. The van der Waals surface area contributed by atoms with Gasteiger partial charge in [-0.3, -0.25) is 5.10 Å². The summed E-state index contributed by atoms with van der Waals surface area (Å²) in [6, 6.07) is 0. The maximum absolute atomic E-state index is 5.34. The van der Waals surface area contributed by atoms with Gasteiger partial charge in [-0.2, -0.15) is 20.1 Å². The molecule has 10 heteroatoms. The number of nitrogens with zero attached hydrogens (tertiary/aromatic N) is 6. The summed E-state index contributed by atoms with van der Waals surface area (Å²) in [5.74, 6) is 1.18. The molecule has 0 unspecified atom stereocenters. The second-order valence-corrected chi connectivity index (χ2v) is 4.94. The highest BCUT2D eigenvalue weighted by Crippen LogP contribution is 2.23. The van der Waals surface area contributed by atoms with Gasteiger partial charge in [-0.25, -0.2) is 4.98 Å². The van der Waals surface area contributed by atoms with Gasteiger partial charge in [0.05, 0.1) is 13.2 Å². The molecule has 1 aliphatic heterocycles. The number of aromatic amines is 1. The van der Waals surface area contributed by atoms with Gasteiger partial charge < -0.3 is 15.0 Å². The number of ether oxygens (including phenoxy) is 1. The minimum atomic E-state index is 0.531. The van der Waals surface area contributed by atoms with E-state index in [1.54, 1.807) is 7.05 Å². The molecule has 0 atom stereocenters. The Morgan fingerprint density at radius 3 is 2.85 bits per heavy atom. The molecule has 1 aliphatic rings. The van der Waals surface area contributed by atoms with Gasteiger partial charge in [-0.05, 0) is 11.8 Å². The first-order chi connectivity index (χ1) is 9.85. The lowest BCUT2D eigenvalue weighted by atomic mass is 10.4. The summed E-state index contributed by atoms with van der Waals surface area (Å²) in [5.41, 5.74) is 0. The van der Waals surface area contributed by atoms with E-state index >= 15 is 0 Å². The Balaban J connectivity index is 1.85. The van der Waals surface area contributed by atoms with Crippen LogP contribution in [0.4, 0.5) is 11.9 Å². The van der Waals surface area contributed by atoms with Crippen LogP contribution in [0.2, 0.25) is 0 Å². The molecule has 3 rings (SSSR count). The standard InChI is InChI=1S/C10H14N8OS/c1-11-7-14-8(18-2-4-19-5-3-18)16-10(15-7)20-9-12-6-13-17-9/h6H,2-5H2,1H3,(H,12,13,17)(H,11,14,15,16). The van der Waals surface area contributed by atoms with Crippen LogP contribution >= 0.6 is 11.8 Å². The molecular formula is C10H14N8OS. The summed E-state index contributed by atoms with van der Waals surface area (Å²) in [7, 11) is 1.78. The quantitative estimate of drug-likeness (QED) is 0.807. The van der Waals surface area contributed by atoms with Gasteiger partial charge in [0.25, 0.3) is 0 Å². The van der Waals surface area contributed by atoms with Crippen LogP contribution in [0.1, 0.15) is 0 Å². The summed E-state index contributed by atoms with van der Waals surface area (Å²) in [6.45, 7) is 2.93. The van der Waals surface area contributed by atoms with E-state index in [0.29, 0.717) is 35.4 Å². The second-order valence-electron chi connectivity index (χ2n) is 3.98. The minimum Gasteiger partial charge on any atom is -0.378 e. The average molecular weight is 294 g/mol. The molecule has 106 valence electrons. The summed E-state index contributed by atoms with van der Waals surface area (Å²) in [6.07, 6.45) is 1.45. The molecule has 0 amide bonds. The van der Waals surface area contributed by atoms with Crippen molar-refractivity contribution < 1.29 is 4.74 Å². The normalized spacial score (nSPS) is 15.3. The number of nitrogens with one attached hydrogen (secondary N) is 2. The Bertz CT molecular complexity index is 556. The number of hydrogen-bond acceptors (Lipinski definition) is 9. The van der Waals surface area contributed by atoms with Gasteiger partial charge in [-0.15, -0.1) is 0 Å². The Labute approximate surface area is 119 Å². The zero-order valence-corrected chi connectivity index (χ0v) is 11.7. The molecule has 0 spiro atoms. The van der Waals surface area contributed by atoms with E-state index in [1.165, 1.54) is 18.1 Å². The first-order valence-electron chi connectivity index (χ1n) is 6.15. The molecule has 2 N–H and O–H groups in total. The maximum Gasteiger partial charge on any atom is 0.231 e. The number of anilines is 2. The first kappa shape index (κ1) is 13.1. The number of morpholine rings is 1. The molecule has 0 bridgehead atoms. The van der Waals surface area contributed by atoms with Crippen molar-refractivity contribution >= 4 is 23.7 Å². The second kappa shape index (κ2) is 6.01. The predicted octanol–water partition coefficient (Wildman–Crippen LogP) is 0.0192. The first-order valence-corrected chi connectivity index (χ1v) is 6.96. The lowest BCUT2D eigenvalue weighted by molar-refractivity contribution is 0.122. The highest BCUT2D eigenvalue weighted by molar-refractivity contribution is 7.99. The maximum atomic E-state index is 5.34. The van der Waals surface area contributed by atoms with Crippen LogP contribution in [-0.4, -0.2) is 63.5 Å². The highest BCUT2D eigenvalue weighted by atomic mass is 32.2. The molecule has 0 saturated carbocycles. The van der Waals surface area contributed by atoms with Crippen LogP contribution in [-0.2, 0) is 4.74 Å². The third-order valence-electron chi connectivity index (χ3n) is 2.70. The molecule has 20 heavy (non-hydrogen) atoms. The third kappa shape index (κ3) is 2.96. The van der Waals surface area contributed by atoms with E-state index < -0.39 is 0 Å². The topological polar surface area (TPSA) is 105 Å². The van der Waals surface area contributed by atoms with Crippen molar-refractivity contribution in [2.24, 2.45) is 0 Å². The van der Waals surface area contributed by atoms with Gasteiger partial charge in [0.1, 0.15) is 6.33 Å². The molecule has 2 aromatic rings. The van der Waals surface area contributed by atoms with Crippen LogP contribution in [0.25, 0.3) is 0 Å². The van der Waals surface area contributed by atoms with Crippen LogP contribution in [0.3, 0.4) is 0 Å². The van der Waals surface area contributed by atoms with Crippen LogP contribution < -0.4 is 10.2 Å². The molecule has 9 nitrogen and oxygen atoms in total. The largest absolute Gasteiger partial charge is 0.378 e. The summed E-state index contributed by atoms with van der Waals surface area (Å²) in [4.78, 5) is 19.3. The highest BCUT2D eigenvalue weighted by Gasteiger charge is 2.17. The summed E-state index contributed by atoms with van der Waals surface area (Å²) < 4.78 is 5.34. The summed E-state index contributed by atoms with van der Waals surface area (Å²) in [5, 5.41) is 10.7. The van der Waals surface area contributed by atoms with Gasteiger partial charge in [-0.1, -0.05) is 0 Å². The fraction of sp³-hybridized carbons (Fsp3) is 0.500. The minimum absolute atomic E-state index is 0.531. The SMILES string of the molecule is CNc1nc(Sc2ncn[nH]2)nc(N2CCOCC2)n1. The van der Waals surface area contributed by atoms with E-state index in [0.717, 1.165) is 13.1 Å². The van der Waals surface area contributed by atoms with E-state index in [4.69, 9.17) is 4.74 Å². The van der Waals surface area contributed by atoms with Crippen LogP contribution in [0.15, 0.2) is 16.6 Å². The Hall–Kier alpha value is -1.94. The Kier molecular flexibility index (Phi) is 3.92. The van der Waals surface area contributed by atoms with Gasteiger partial charge in [0.2, 0.25) is 17.1 Å². The van der Waals surface area contributed by atoms with Crippen LogP contribution in [0.5, 0.6) is 0 Å². The summed E-state index contributed by atoms with van der Waals surface area (Å²) >= 11 is 1.31. The van der Waals surface area contributed by atoms with Gasteiger partial charge >= 0.3 is 0 Å². The van der Waals surface area contributed by atoms with Crippen molar-refractivity contribution in [3.63, 3.8) is 0 Å². The Morgan fingerprint density at radius 1 is 1.30 bits per heavy atom. The van der Waals surface area contributed by atoms with Gasteiger partial charge in [0.15, 0.2) is 5.16 Å². The Morgan fingerprint density at radius 2 is 2.15 bits per heavy atom. The lowest BCUT2D eigenvalue weighted by Gasteiger charge is -2.26. The van der Waals surface area contributed by atoms with E-state index in [9.17, 15) is 0 Å². The molecule has 0 aliphatic carbocycles. The number of H-pyrrole nitrogens is 1. The molecule has 3 heterocycles. The van der Waals surface area contributed by atoms with Crippen molar-refractivity contribution in [1.82, 2.24) is 30.1 Å². The molecule has 0 radical (unpaired) electrons. The number of aromatic nitrogens is 6. The molecule has 0 aromatic carbocycles. The predicted molar refractivity (Wildman–Crippen MR) is 72.9 cm³/mol. The average Bonchev–Trinajstić information content (AvgIpc) is 3.00. The number of hydrogen-bond donors (Lipinski definition) is 2. The van der Waals surface area contributed by atoms with E-state index in [1.807, 2.05) is 0 Å².